The molecule has 3 N–H and O–H groups in total. The van der Waals surface area contributed by atoms with Crippen molar-refractivity contribution in [2.45, 2.75) is 0 Å². The first kappa shape index (κ1) is 9.94. The first-order valence-electron chi connectivity index (χ1n) is 3.80. The highest BCUT2D eigenvalue weighted by atomic mass is 32.1. The largest absolute Gasteiger partial charge is 0.395 e. The molecule has 0 radical (unpaired) electrons. The summed E-state index contributed by atoms with van der Waals surface area (Å²) in [6.07, 6.45) is 1.50. The predicted octanol–water partition coefficient (Wildman–Crippen LogP) is -0.0931. The topological polar surface area (TPSA) is 74.2 Å². The average Bonchev–Trinajstić information content (AvgIpc) is 2.62. The van der Waals surface area contributed by atoms with E-state index in [2.05, 4.69) is 15.6 Å². The number of hydrogen-bond donors (Lipinski definition) is 3. The molecule has 0 aromatic carbocycles. The highest BCUT2D eigenvalue weighted by Gasteiger charge is 2.08. The number of carbonyl (C=O) groups is 1. The van der Waals surface area contributed by atoms with Gasteiger partial charge < -0.3 is 15.7 Å². The van der Waals surface area contributed by atoms with E-state index in [-0.39, 0.29) is 19.1 Å². The second kappa shape index (κ2) is 4.78. The molecule has 0 aliphatic heterocycles. The van der Waals surface area contributed by atoms with E-state index in [1.54, 1.807) is 7.05 Å². The molecule has 5 nitrogen and oxygen atoms in total. The fourth-order valence-electron chi connectivity index (χ4n) is 0.751. The molecule has 72 valence electrons. The second-order valence-corrected chi connectivity index (χ2v) is 3.29. The smallest absolute Gasteiger partial charge is 0.263 e. The zero-order valence-corrected chi connectivity index (χ0v) is 8.02. The molecule has 1 amide bonds. The first-order valence-corrected chi connectivity index (χ1v) is 4.62. The average molecular weight is 201 g/mol. The molecule has 1 aromatic heterocycles. The fraction of sp³-hybridized carbons (Fsp3) is 0.429. The lowest BCUT2D eigenvalue weighted by molar-refractivity contribution is 0.0948. The van der Waals surface area contributed by atoms with Crippen LogP contribution in [0.1, 0.15) is 9.67 Å². The van der Waals surface area contributed by atoms with Crippen LogP contribution in [0.2, 0.25) is 0 Å². The molecule has 0 saturated carbocycles. The van der Waals surface area contributed by atoms with Crippen LogP contribution in [0.25, 0.3) is 0 Å². The van der Waals surface area contributed by atoms with Crippen LogP contribution < -0.4 is 10.6 Å². The van der Waals surface area contributed by atoms with Gasteiger partial charge in [-0.1, -0.05) is 11.3 Å². The van der Waals surface area contributed by atoms with Crippen LogP contribution in [0, 0.1) is 0 Å². The maximum absolute atomic E-state index is 11.3. The van der Waals surface area contributed by atoms with Crippen molar-refractivity contribution in [3.8, 4) is 0 Å². The Hall–Kier alpha value is -1.14. The molecule has 0 aliphatic rings. The first-order chi connectivity index (χ1) is 6.27. The maximum atomic E-state index is 11.3. The van der Waals surface area contributed by atoms with Gasteiger partial charge in [0, 0.05) is 13.6 Å². The number of hydrogen-bond acceptors (Lipinski definition) is 5. The summed E-state index contributed by atoms with van der Waals surface area (Å²) in [5, 5.41) is 14.6. The van der Waals surface area contributed by atoms with E-state index in [0.717, 1.165) is 0 Å². The predicted molar refractivity (Wildman–Crippen MR) is 51.1 cm³/mol. The lowest BCUT2D eigenvalue weighted by Crippen LogP contribution is -2.25. The molecule has 0 spiro atoms. The van der Waals surface area contributed by atoms with Crippen molar-refractivity contribution in [1.82, 2.24) is 10.3 Å². The van der Waals surface area contributed by atoms with E-state index in [1.807, 2.05) is 0 Å². The number of aliphatic hydroxyl groups is 1. The van der Waals surface area contributed by atoms with E-state index >= 15 is 0 Å². The molecule has 0 aliphatic carbocycles. The third kappa shape index (κ3) is 2.67. The molecule has 1 heterocycles. The Kier molecular flexibility index (Phi) is 3.66. The van der Waals surface area contributed by atoms with Crippen molar-refractivity contribution >= 4 is 22.4 Å². The van der Waals surface area contributed by atoms with Crippen molar-refractivity contribution in [1.29, 1.82) is 0 Å². The highest BCUT2D eigenvalue weighted by Crippen LogP contribution is 2.16. The van der Waals surface area contributed by atoms with Crippen LogP contribution in [-0.4, -0.2) is 36.2 Å². The standard InChI is InChI=1S/C7H11N3O2S/c1-8-7-10-4-5(13-7)6(12)9-2-3-11/h4,11H,2-3H2,1H3,(H,8,10)(H,9,12). The molecule has 0 saturated heterocycles. The minimum Gasteiger partial charge on any atom is -0.395 e. The summed E-state index contributed by atoms with van der Waals surface area (Å²) in [6.45, 7) is 0.217. The van der Waals surface area contributed by atoms with E-state index in [0.29, 0.717) is 10.0 Å². The molecule has 1 rings (SSSR count). The van der Waals surface area contributed by atoms with Crippen LogP contribution in [0.15, 0.2) is 6.20 Å². The van der Waals surface area contributed by atoms with Crippen molar-refractivity contribution in [2.75, 3.05) is 25.5 Å². The molecule has 0 fully saturated rings. The Morgan fingerprint density at radius 3 is 3.08 bits per heavy atom. The van der Waals surface area contributed by atoms with E-state index in [9.17, 15) is 4.79 Å². The van der Waals surface area contributed by atoms with Gasteiger partial charge in [0.05, 0.1) is 12.8 Å². The van der Waals surface area contributed by atoms with E-state index < -0.39 is 0 Å². The minimum atomic E-state index is -0.201. The summed E-state index contributed by atoms with van der Waals surface area (Å²) in [5.74, 6) is -0.201. The van der Waals surface area contributed by atoms with Gasteiger partial charge in [0.1, 0.15) is 4.88 Å². The zero-order chi connectivity index (χ0) is 9.68. The van der Waals surface area contributed by atoms with Gasteiger partial charge >= 0.3 is 0 Å². The molecule has 13 heavy (non-hydrogen) atoms. The summed E-state index contributed by atoms with van der Waals surface area (Å²) < 4.78 is 0. The summed E-state index contributed by atoms with van der Waals surface area (Å²) in [7, 11) is 1.74. The normalized spacial score (nSPS) is 9.69. The van der Waals surface area contributed by atoms with Crippen molar-refractivity contribution in [3.05, 3.63) is 11.1 Å². The van der Waals surface area contributed by atoms with E-state index in [1.165, 1.54) is 17.5 Å². The SMILES string of the molecule is CNc1ncc(C(=O)NCCO)s1. The summed E-state index contributed by atoms with van der Waals surface area (Å²) in [6, 6.07) is 0. The van der Waals surface area contributed by atoms with Crippen LogP contribution in [0.4, 0.5) is 5.13 Å². The highest BCUT2D eigenvalue weighted by molar-refractivity contribution is 7.17. The number of aliphatic hydroxyl groups excluding tert-OH is 1. The van der Waals surface area contributed by atoms with E-state index in [4.69, 9.17) is 5.11 Å². The number of nitrogens with one attached hydrogen (secondary N) is 2. The molecular formula is C7H11N3O2S. The third-order valence-corrected chi connectivity index (χ3v) is 2.35. The van der Waals surface area contributed by atoms with Gasteiger partial charge in [-0.05, 0) is 0 Å². The zero-order valence-electron chi connectivity index (χ0n) is 7.20. The lowest BCUT2D eigenvalue weighted by Gasteiger charge is -1.98. The Morgan fingerprint density at radius 1 is 1.77 bits per heavy atom. The van der Waals surface area contributed by atoms with Gasteiger partial charge in [0.15, 0.2) is 5.13 Å². The summed E-state index contributed by atoms with van der Waals surface area (Å²) in [4.78, 5) is 15.7. The van der Waals surface area contributed by atoms with Crippen molar-refractivity contribution in [3.63, 3.8) is 0 Å². The summed E-state index contributed by atoms with van der Waals surface area (Å²) >= 11 is 1.28. The monoisotopic (exact) mass is 201 g/mol. The number of rotatable bonds is 4. The maximum Gasteiger partial charge on any atom is 0.263 e. The molecule has 6 heteroatoms. The third-order valence-electron chi connectivity index (χ3n) is 1.34. The second-order valence-electron chi connectivity index (χ2n) is 2.26. The number of amides is 1. The van der Waals surface area contributed by atoms with Gasteiger partial charge in [-0.15, -0.1) is 0 Å². The number of carbonyl (C=O) groups excluding carboxylic acids is 1. The Labute approximate surface area is 79.8 Å². The molecule has 0 atom stereocenters. The summed E-state index contributed by atoms with van der Waals surface area (Å²) in [5.41, 5.74) is 0. The molecule has 0 unspecified atom stereocenters. The van der Waals surface area contributed by atoms with Crippen molar-refractivity contribution < 1.29 is 9.90 Å². The van der Waals surface area contributed by atoms with Crippen LogP contribution in [0.5, 0.6) is 0 Å². The lowest BCUT2D eigenvalue weighted by atomic mass is 10.5. The molecule has 1 aromatic rings. The van der Waals surface area contributed by atoms with Crippen LogP contribution in [0.3, 0.4) is 0 Å². The van der Waals surface area contributed by atoms with Crippen LogP contribution in [-0.2, 0) is 0 Å². The number of anilines is 1. The Bertz CT molecular complexity index is 287. The van der Waals surface area contributed by atoms with Crippen LogP contribution >= 0.6 is 11.3 Å². The fourth-order valence-corrected chi connectivity index (χ4v) is 1.44. The number of thiazole rings is 1. The van der Waals surface area contributed by atoms with Gasteiger partial charge in [0.2, 0.25) is 0 Å². The van der Waals surface area contributed by atoms with Gasteiger partial charge in [-0.3, -0.25) is 4.79 Å². The van der Waals surface area contributed by atoms with Crippen molar-refractivity contribution in [2.24, 2.45) is 0 Å². The van der Waals surface area contributed by atoms with Gasteiger partial charge in [0.25, 0.3) is 5.91 Å². The number of aromatic nitrogens is 1. The Morgan fingerprint density at radius 2 is 2.54 bits per heavy atom. The molecule has 0 bridgehead atoms. The quantitative estimate of drug-likeness (QED) is 0.636. The molecular weight excluding hydrogens is 190 g/mol. The number of nitrogens with zero attached hydrogens (tertiary/aromatic N) is 1. The van der Waals surface area contributed by atoms with Gasteiger partial charge in [-0.25, -0.2) is 4.98 Å². The van der Waals surface area contributed by atoms with Gasteiger partial charge in [-0.2, -0.15) is 0 Å². The minimum absolute atomic E-state index is 0.0522. The Balaban J connectivity index is 2.55.